The monoisotopic (exact) mass is 354 g/mol. The summed E-state index contributed by atoms with van der Waals surface area (Å²) in [5.41, 5.74) is 1.97. The largest absolute Gasteiger partial charge is 0.365 e. The van der Waals surface area contributed by atoms with Gasteiger partial charge in [0.1, 0.15) is 11.3 Å². The summed E-state index contributed by atoms with van der Waals surface area (Å²) >= 11 is 11.0. The minimum Gasteiger partial charge on any atom is -0.365 e. The molecule has 0 bridgehead atoms. The molecule has 0 amide bonds. The summed E-state index contributed by atoms with van der Waals surface area (Å²) in [6, 6.07) is 3.91. The lowest BCUT2D eigenvalue weighted by Gasteiger charge is -2.06. The van der Waals surface area contributed by atoms with E-state index in [0.29, 0.717) is 6.54 Å². The summed E-state index contributed by atoms with van der Waals surface area (Å²) < 4.78 is 1.93. The van der Waals surface area contributed by atoms with Crippen LogP contribution >= 0.6 is 38.9 Å². The van der Waals surface area contributed by atoms with Gasteiger partial charge < -0.3 is 5.32 Å². The predicted octanol–water partition coefficient (Wildman–Crippen LogP) is 4.11. The van der Waals surface area contributed by atoms with E-state index in [1.807, 2.05) is 17.5 Å². The van der Waals surface area contributed by atoms with Crippen LogP contribution in [-0.4, -0.2) is 15.0 Å². The molecule has 3 aromatic heterocycles. The summed E-state index contributed by atoms with van der Waals surface area (Å²) in [5, 5.41) is 5.50. The van der Waals surface area contributed by atoms with Crippen LogP contribution < -0.4 is 5.32 Å². The van der Waals surface area contributed by atoms with E-state index >= 15 is 0 Å². The molecule has 1 N–H and O–H groups in total. The number of rotatable bonds is 3. The van der Waals surface area contributed by atoms with Crippen LogP contribution in [0.1, 0.15) is 5.56 Å². The van der Waals surface area contributed by atoms with Crippen LogP contribution in [0.4, 0.5) is 5.82 Å². The van der Waals surface area contributed by atoms with Crippen molar-refractivity contribution in [1.29, 1.82) is 0 Å². The third-order valence-electron chi connectivity index (χ3n) is 2.55. The van der Waals surface area contributed by atoms with Crippen molar-refractivity contribution in [3.63, 3.8) is 0 Å². The van der Waals surface area contributed by atoms with Gasteiger partial charge in [0.05, 0.1) is 9.17 Å². The standard InChI is InChI=1S/C12H8BrClN4S/c13-8-6-19-10-9(8)17-12(14)18-11(10)16-5-7-1-3-15-4-2-7/h1-4,6H,5H2,(H,16,17,18). The van der Waals surface area contributed by atoms with Crippen molar-refractivity contribution in [3.8, 4) is 0 Å². The topological polar surface area (TPSA) is 50.7 Å². The van der Waals surface area contributed by atoms with E-state index in [9.17, 15) is 0 Å². The van der Waals surface area contributed by atoms with Crippen molar-refractivity contribution in [2.45, 2.75) is 6.54 Å². The lowest BCUT2D eigenvalue weighted by atomic mass is 10.3. The Morgan fingerprint density at radius 2 is 2.05 bits per heavy atom. The lowest BCUT2D eigenvalue weighted by Crippen LogP contribution is -2.02. The second kappa shape index (κ2) is 5.40. The van der Waals surface area contributed by atoms with Crippen LogP contribution in [0.15, 0.2) is 34.4 Å². The molecule has 4 nitrogen and oxygen atoms in total. The molecule has 3 heterocycles. The first-order valence-electron chi connectivity index (χ1n) is 5.47. The van der Waals surface area contributed by atoms with Crippen molar-refractivity contribution >= 4 is 54.9 Å². The average Bonchev–Trinajstić information content (AvgIpc) is 2.79. The number of aromatic nitrogens is 3. The highest BCUT2D eigenvalue weighted by Gasteiger charge is 2.11. The Bertz CT molecular complexity index is 716. The Morgan fingerprint density at radius 3 is 2.84 bits per heavy atom. The van der Waals surface area contributed by atoms with Gasteiger partial charge in [0.25, 0.3) is 0 Å². The minimum atomic E-state index is 0.240. The van der Waals surface area contributed by atoms with Gasteiger partial charge in [0, 0.05) is 24.3 Å². The van der Waals surface area contributed by atoms with Crippen LogP contribution in [0.5, 0.6) is 0 Å². The molecule has 0 aromatic carbocycles. The third-order valence-corrected chi connectivity index (χ3v) is 4.61. The van der Waals surface area contributed by atoms with E-state index in [4.69, 9.17) is 11.6 Å². The zero-order valence-corrected chi connectivity index (χ0v) is 12.8. The van der Waals surface area contributed by atoms with Gasteiger partial charge in [-0.15, -0.1) is 11.3 Å². The van der Waals surface area contributed by atoms with Crippen LogP contribution in [0.2, 0.25) is 5.28 Å². The molecule has 0 saturated heterocycles. The molecular formula is C12H8BrClN4S. The Hall–Kier alpha value is -1.24. The fourth-order valence-electron chi connectivity index (χ4n) is 1.67. The maximum absolute atomic E-state index is 5.95. The van der Waals surface area contributed by atoms with Gasteiger partial charge in [0.2, 0.25) is 5.28 Å². The molecule has 19 heavy (non-hydrogen) atoms. The normalized spacial score (nSPS) is 10.8. The molecule has 3 rings (SSSR count). The van der Waals surface area contributed by atoms with Gasteiger partial charge in [-0.3, -0.25) is 4.98 Å². The quantitative estimate of drug-likeness (QED) is 0.718. The summed E-state index contributed by atoms with van der Waals surface area (Å²) in [6.45, 7) is 0.667. The molecule has 0 atom stereocenters. The number of pyridine rings is 1. The molecule has 0 spiro atoms. The van der Waals surface area contributed by atoms with E-state index in [1.54, 1.807) is 23.7 Å². The molecule has 0 unspecified atom stereocenters. The lowest BCUT2D eigenvalue weighted by molar-refractivity contribution is 1.09. The van der Waals surface area contributed by atoms with Crippen LogP contribution in [0, 0.1) is 0 Å². The van der Waals surface area contributed by atoms with Crippen molar-refractivity contribution in [3.05, 3.63) is 45.2 Å². The average molecular weight is 356 g/mol. The van der Waals surface area contributed by atoms with Crippen LogP contribution in [-0.2, 0) is 6.54 Å². The molecule has 0 aliphatic rings. The molecule has 0 radical (unpaired) electrons. The molecule has 0 aliphatic heterocycles. The number of fused-ring (bicyclic) bond motifs is 1. The maximum atomic E-state index is 5.95. The van der Waals surface area contributed by atoms with E-state index in [2.05, 4.69) is 36.2 Å². The molecule has 7 heteroatoms. The highest BCUT2D eigenvalue weighted by molar-refractivity contribution is 9.10. The number of hydrogen-bond acceptors (Lipinski definition) is 5. The van der Waals surface area contributed by atoms with Crippen molar-refractivity contribution < 1.29 is 0 Å². The summed E-state index contributed by atoms with van der Waals surface area (Å²) in [4.78, 5) is 12.5. The Balaban J connectivity index is 1.92. The first-order valence-corrected chi connectivity index (χ1v) is 7.52. The molecule has 3 aromatic rings. The summed E-state index contributed by atoms with van der Waals surface area (Å²) in [5.74, 6) is 0.752. The third kappa shape index (κ3) is 2.70. The van der Waals surface area contributed by atoms with Gasteiger partial charge >= 0.3 is 0 Å². The second-order valence-corrected chi connectivity index (χ2v) is 5.88. The second-order valence-electron chi connectivity index (χ2n) is 3.81. The number of thiophene rings is 1. The zero-order chi connectivity index (χ0) is 13.2. The number of anilines is 1. The first-order chi connectivity index (χ1) is 9.24. The van der Waals surface area contributed by atoms with Crippen molar-refractivity contribution in [1.82, 2.24) is 15.0 Å². The van der Waals surface area contributed by atoms with E-state index < -0.39 is 0 Å². The zero-order valence-electron chi connectivity index (χ0n) is 9.60. The van der Waals surface area contributed by atoms with Gasteiger partial charge in [-0.25, -0.2) is 4.98 Å². The van der Waals surface area contributed by atoms with Gasteiger partial charge in [0.15, 0.2) is 0 Å². The highest BCUT2D eigenvalue weighted by Crippen LogP contribution is 2.34. The molecular weight excluding hydrogens is 348 g/mol. The van der Waals surface area contributed by atoms with E-state index in [0.717, 1.165) is 26.1 Å². The number of nitrogens with one attached hydrogen (secondary N) is 1. The van der Waals surface area contributed by atoms with Crippen molar-refractivity contribution in [2.75, 3.05) is 5.32 Å². The van der Waals surface area contributed by atoms with E-state index in [1.165, 1.54) is 0 Å². The Kier molecular flexibility index (Phi) is 3.63. The molecule has 0 aliphatic carbocycles. The first kappa shape index (κ1) is 12.8. The maximum Gasteiger partial charge on any atom is 0.225 e. The van der Waals surface area contributed by atoms with Gasteiger partial charge in [-0.1, -0.05) is 0 Å². The summed E-state index contributed by atoms with van der Waals surface area (Å²) in [7, 11) is 0. The Labute approximate surface area is 127 Å². The molecule has 0 saturated carbocycles. The molecule has 96 valence electrons. The van der Waals surface area contributed by atoms with Crippen LogP contribution in [0.25, 0.3) is 10.2 Å². The highest BCUT2D eigenvalue weighted by atomic mass is 79.9. The number of nitrogens with zero attached hydrogens (tertiary/aromatic N) is 3. The smallest absolute Gasteiger partial charge is 0.225 e. The SMILES string of the molecule is Clc1nc(NCc2ccncc2)c2scc(Br)c2n1. The van der Waals surface area contributed by atoms with E-state index in [-0.39, 0.29) is 5.28 Å². The predicted molar refractivity (Wildman–Crippen MR) is 81.7 cm³/mol. The minimum absolute atomic E-state index is 0.240. The van der Waals surface area contributed by atoms with Gasteiger partial charge in [-0.05, 0) is 45.2 Å². The van der Waals surface area contributed by atoms with Gasteiger partial charge in [-0.2, -0.15) is 4.98 Å². The fourth-order valence-corrected chi connectivity index (χ4v) is 3.37. The number of hydrogen-bond donors (Lipinski definition) is 1. The fraction of sp³-hybridized carbons (Fsp3) is 0.0833. The Morgan fingerprint density at radius 1 is 1.26 bits per heavy atom. The molecule has 0 fully saturated rings. The van der Waals surface area contributed by atoms with Crippen molar-refractivity contribution in [2.24, 2.45) is 0 Å². The van der Waals surface area contributed by atoms with Crippen LogP contribution in [0.3, 0.4) is 0 Å². The summed E-state index contributed by atoms with van der Waals surface area (Å²) in [6.07, 6.45) is 3.53. The number of halogens is 2.